The Labute approximate surface area is 118 Å². The number of aliphatic hydroxyl groups is 1. The van der Waals surface area contributed by atoms with Gasteiger partial charge in [0.2, 0.25) is 0 Å². The highest BCUT2D eigenvalue weighted by molar-refractivity contribution is 5.85. The molecule has 1 fully saturated rings. The number of morpholine rings is 1. The number of nitrogens with one attached hydrogen (secondary N) is 2. The van der Waals surface area contributed by atoms with Crippen LogP contribution in [0, 0.1) is 0 Å². The van der Waals surface area contributed by atoms with Gasteiger partial charge in [-0.2, -0.15) is 0 Å². The highest BCUT2D eigenvalue weighted by Crippen LogP contribution is 2.05. The molecule has 1 aliphatic heterocycles. The van der Waals surface area contributed by atoms with Crippen LogP contribution >= 0.6 is 12.4 Å². The van der Waals surface area contributed by atoms with E-state index in [1.807, 2.05) is 24.3 Å². The molecule has 106 valence electrons. The normalized spacial score (nSPS) is 18.5. The topological polar surface area (TPSA) is 70.6 Å². The SMILES string of the molecule is Cl.O=C(NCc1cccc(CO)c1)C1CNCCO1. The first kappa shape index (κ1) is 15.9. The Hall–Kier alpha value is -1.14. The summed E-state index contributed by atoms with van der Waals surface area (Å²) in [5.41, 5.74) is 1.82. The van der Waals surface area contributed by atoms with Gasteiger partial charge in [0, 0.05) is 19.6 Å². The van der Waals surface area contributed by atoms with Gasteiger partial charge in [-0.25, -0.2) is 0 Å². The van der Waals surface area contributed by atoms with Gasteiger partial charge < -0.3 is 20.5 Å². The van der Waals surface area contributed by atoms with Gasteiger partial charge in [-0.05, 0) is 11.1 Å². The van der Waals surface area contributed by atoms with Gasteiger partial charge in [-0.3, -0.25) is 4.79 Å². The van der Waals surface area contributed by atoms with Crippen LogP contribution in [0.15, 0.2) is 24.3 Å². The van der Waals surface area contributed by atoms with Crippen molar-refractivity contribution < 1.29 is 14.6 Å². The summed E-state index contributed by atoms with van der Waals surface area (Å²) in [4.78, 5) is 11.8. The molecule has 6 heteroatoms. The monoisotopic (exact) mass is 286 g/mol. The Balaban J connectivity index is 0.00000180. The zero-order chi connectivity index (χ0) is 12.8. The van der Waals surface area contributed by atoms with Crippen LogP contribution in [0.5, 0.6) is 0 Å². The lowest BCUT2D eigenvalue weighted by Gasteiger charge is -2.22. The predicted molar refractivity (Wildman–Crippen MR) is 74.1 cm³/mol. The van der Waals surface area contributed by atoms with E-state index >= 15 is 0 Å². The molecular weight excluding hydrogens is 268 g/mol. The van der Waals surface area contributed by atoms with Crippen molar-refractivity contribution >= 4 is 18.3 Å². The van der Waals surface area contributed by atoms with Crippen LogP contribution in [0.4, 0.5) is 0 Å². The molecule has 1 aliphatic rings. The second-order valence-electron chi connectivity index (χ2n) is 4.26. The summed E-state index contributed by atoms with van der Waals surface area (Å²) < 4.78 is 5.36. The summed E-state index contributed by atoms with van der Waals surface area (Å²) >= 11 is 0. The number of carbonyl (C=O) groups excluding carboxylic acids is 1. The molecule has 1 heterocycles. The summed E-state index contributed by atoms with van der Waals surface area (Å²) in [6, 6.07) is 7.50. The molecule has 2 rings (SSSR count). The summed E-state index contributed by atoms with van der Waals surface area (Å²) in [7, 11) is 0. The molecule has 0 aromatic heterocycles. The smallest absolute Gasteiger partial charge is 0.250 e. The van der Waals surface area contributed by atoms with Gasteiger partial charge in [-0.15, -0.1) is 12.4 Å². The van der Waals surface area contributed by atoms with Crippen molar-refractivity contribution in [2.24, 2.45) is 0 Å². The standard InChI is InChI=1S/C13H18N2O3.ClH/c16-9-11-3-1-2-10(6-11)7-15-13(17)12-8-14-4-5-18-12;/h1-3,6,12,14,16H,4-5,7-9H2,(H,15,17);1H. The molecule has 0 aliphatic carbocycles. The molecule has 0 spiro atoms. The largest absolute Gasteiger partial charge is 0.392 e. The zero-order valence-electron chi connectivity index (χ0n) is 10.6. The summed E-state index contributed by atoms with van der Waals surface area (Å²) in [5, 5.41) is 15.0. The third kappa shape index (κ3) is 4.80. The van der Waals surface area contributed by atoms with Crippen molar-refractivity contribution in [2.45, 2.75) is 19.3 Å². The Morgan fingerprint density at radius 3 is 2.95 bits per heavy atom. The summed E-state index contributed by atoms with van der Waals surface area (Å²) in [6.07, 6.45) is -0.403. The number of amides is 1. The van der Waals surface area contributed by atoms with E-state index in [0.29, 0.717) is 19.7 Å². The molecule has 19 heavy (non-hydrogen) atoms. The van der Waals surface area contributed by atoms with Crippen molar-refractivity contribution in [3.05, 3.63) is 35.4 Å². The molecule has 5 nitrogen and oxygen atoms in total. The molecule has 1 unspecified atom stereocenters. The predicted octanol–water partition coefficient (Wildman–Crippen LogP) is 0.205. The number of aliphatic hydroxyl groups excluding tert-OH is 1. The molecule has 1 aromatic carbocycles. The van der Waals surface area contributed by atoms with E-state index in [1.165, 1.54) is 0 Å². The van der Waals surface area contributed by atoms with Crippen LogP contribution in [0.3, 0.4) is 0 Å². The lowest BCUT2D eigenvalue weighted by molar-refractivity contribution is -0.134. The molecular formula is C13H19ClN2O3. The third-order valence-electron chi connectivity index (χ3n) is 2.86. The molecule has 1 atom stereocenters. The number of hydrogen-bond donors (Lipinski definition) is 3. The van der Waals surface area contributed by atoms with Crippen LogP contribution in [0.2, 0.25) is 0 Å². The summed E-state index contributed by atoms with van der Waals surface area (Å²) in [6.45, 7) is 2.38. The van der Waals surface area contributed by atoms with Crippen LogP contribution in [-0.2, 0) is 22.7 Å². The quantitative estimate of drug-likeness (QED) is 0.740. The van der Waals surface area contributed by atoms with Crippen molar-refractivity contribution in [3.63, 3.8) is 0 Å². The van der Waals surface area contributed by atoms with E-state index in [0.717, 1.165) is 17.7 Å². The number of ether oxygens (including phenoxy) is 1. The van der Waals surface area contributed by atoms with E-state index in [1.54, 1.807) is 0 Å². The fourth-order valence-electron chi connectivity index (χ4n) is 1.87. The van der Waals surface area contributed by atoms with Crippen LogP contribution in [0.1, 0.15) is 11.1 Å². The molecule has 1 saturated heterocycles. The van der Waals surface area contributed by atoms with E-state index in [9.17, 15) is 4.79 Å². The molecule has 0 bridgehead atoms. The van der Waals surface area contributed by atoms with Gasteiger partial charge >= 0.3 is 0 Å². The molecule has 0 saturated carbocycles. The van der Waals surface area contributed by atoms with Crippen molar-refractivity contribution in [1.82, 2.24) is 10.6 Å². The number of carbonyl (C=O) groups is 1. The Kier molecular flexibility index (Phi) is 6.80. The van der Waals surface area contributed by atoms with Gasteiger partial charge in [0.25, 0.3) is 5.91 Å². The van der Waals surface area contributed by atoms with Gasteiger partial charge in [0.05, 0.1) is 13.2 Å². The minimum absolute atomic E-state index is 0. The second-order valence-corrected chi connectivity index (χ2v) is 4.26. The molecule has 0 radical (unpaired) electrons. The van der Waals surface area contributed by atoms with Gasteiger partial charge in [0.15, 0.2) is 0 Å². The zero-order valence-corrected chi connectivity index (χ0v) is 11.4. The molecule has 3 N–H and O–H groups in total. The average Bonchev–Trinajstić information content (AvgIpc) is 2.46. The number of benzene rings is 1. The van der Waals surface area contributed by atoms with E-state index in [4.69, 9.17) is 9.84 Å². The van der Waals surface area contributed by atoms with Crippen molar-refractivity contribution in [1.29, 1.82) is 0 Å². The highest BCUT2D eigenvalue weighted by atomic mass is 35.5. The van der Waals surface area contributed by atoms with E-state index in [-0.39, 0.29) is 24.9 Å². The maximum atomic E-state index is 11.8. The highest BCUT2D eigenvalue weighted by Gasteiger charge is 2.21. The van der Waals surface area contributed by atoms with Crippen molar-refractivity contribution in [3.8, 4) is 0 Å². The van der Waals surface area contributed by atoms with E-state index < -0.39 is 6.10 Å². The Morgan fingerprint density at radius 1 is 1.47 bits per heavy atom. The summed E-state index contributed by atoms with van der Waals surface area (Å²) in [5.74, 6) is -0.100. The minimum Gasteiger partial charge on any atom is -0.392 e. The van der Waals surface area contributed by atoms with Gasteiger partial charge in [0.1, 0.15) is 6.10 Å². The molecule has 1 aromatic rings. The first-order valence-corrected chi connectivity index (χ1v) is 6.08. The number of halogens is 1. The van der Waals surface area contributed by atoms with Crippen molar-refractivity contribution in [2.75, 3.05) is 19.7 Å². The lowest BCUT2D eigenvalue weighted by Crippen LogP contribution is -2.47. The maximum Gasteiger partial charge on any atom is 0.250 e. The minimum atomic E-state index is -0.403. The van der Waals surface area contributed by atoms with Crippen LogP contribution in [0.25, 0.3) is 0 Å². The Morgan fingerprint density at radius 2 is 2.26 bits per heavy atom. The van der Waals surface area contributed by atoms with Crippen LogP contribution in [-0.4, -0.2) is 36.8 Å². The first-order valence-electron chi connectivity index (χ1n) is 6.08. The van der Waals surface area contributed by atoms with Crippen LogP contribution < -0.4 is 10.6 Å². The maximum absolute atomic E-state index is 11.8. The van der Waals surface area contributed by atoms with Gasteiger partial charge in [-0.1, -0.05) is 24.3 Å². The van der Waals surface area contributed by atoms with E-state index in [2.05, 4.69) is 10.6 Å². The lowest BCUT2D eigenvalue weighted by atomic mass is 10.1. The third-order valence-corrected chi connectivity index (χ3v) is 2.86. The number of rotatable bonds is 4. The fourth-order valence-corrected chi connectivity index (χ4v) is 1.87. The first-order chi connectivity index (χ1) is 8.79. The average molecular weight is 287 g/mol. The fraction of sp³-hybridized carbons (Fsp3) is 0.462. The Bertz CT molecular complexity index is 409. The molecule has 1 amide bonds. The number of hydrogen-bond acceptors (Lipinski definition) is 4. The second kappa shape index (κ2) is 8.12.